The molecule has 3 aromatic rings. The number of nitrogens with zero attached hydrogens (tertiary/aromatic N) is 2. The van der Waals surface area contributed by atoms with Crippen LogP contribution in [0.4, 0.5) is 0 Å². The Morgan fingerprint density at radius 3 is 2.68 bits per heavy atom. The fourth-order valence-electron chi connectivity index (χ4n) is 2.65. The Kier molecular flexibility index (Phi) is 4.79. The summed E-state index contributed by atoms with van der Waals surface area (Å²) in [7, 11) is 3.20. The van der Waals surface area contributed by atoms with Gasteiger partial charge >= 0.3 is 0 Å². The lowest BCUT2D eigenvalue weighted by atomic mass is 10.1. The highest BCUT2D eigenvalue weighted by Crippen LogP contribution is 2.24. The van der Waals surface area contributed by atoms with Gasteiger partial charge in [0.1, 0.15) is 5.75 Å². The summed E-state index contributed by atoms with van der Waals surface area (Å²) in [5.74, 6) is -0.422. The number of likely N-dealkylation sites (N-methyl/N-ethyl adjacent to an activating group) is 1. The van der Waals surface area contributed by atoms with Crippen LogP contribution in [0.25, 0.3) is 10.9 Å². The van der Waals surface area contributed by atoms with Crippen LogP contribution >= 0.6 is 0 Å². The van der Waals surface area contributed by atoms with Crippen molar-refractivity contribution < 1.29 is 14.3 Å². The van der Waals surface area contributed by atoms with Crippen LogP contribution in [0.3, 0.4) is 0 Å². The Labute approximate surface area is 145 Å². The number of aromatic amines is 1. The topological polar surface area (TPSA) is 75.3 Å². The molecule has 2 aromatic heterocycles. The molecule has 0 aliphatic carbocycles. The maximum absolute atomic E-state index is 12.6. The van der Waals surface area contributed by atoms with Crippen LogP contribution in [0.1, 0.15) is 15.9 Å². The highest BCUT2D eigenvalue weighted by molar-refractivity contribution is 6.44. The van der Waals surface area contributed by atoms with Gasteiger partial charge in [0.05, 0.1) is 12.7 Å². The summed E-state index contributed by atoms with van der Waals surface area (Å²) in [6, 6.07) is 9.17. The average Bonchev–Trinajstić information content (AvgIpc) is 3.08. The van der Waals surface area contributed by atoms with Crippen molar-refractivity contribution in [2.24, 2.45) is 0 Å². The van der Waals surface area contributed by atoms with E-state index in [1.54, 1.807) is 44.9 Å². The molecule has 6 heteroatoms. The van der Waals surface area contributed by atoms with Crippen LogP contribution in [0.15, 0.2) is 48.9 Å². The summed E-state index contributed by atoms with van der Waals surface area (Å²) in [4.78, 5) is 33.5. The molecule has 0 fully saturated rings. The summed E-state index contributed by atoms with van der Waals surface area (Å²) >= 11 is 0. The second-order valence-corrected chi connectivity index (χ2v) is 5.78. The van der Waals surface area contributed by atoms with Gasteiger partial charge in [0.15, 0.2) is 0 Å². The summed E-state index contributed by atoms with van der Waals surface area (Å²) in [5, 5.41) is 0.681. The molecule has 2 heterocycles. The summed E-state index contributed by atoms with van der Waals surface area (Å²) < 4.78 is 5.20. The molecular formula is C19H19N3O3. The molecule has 1 N–H and O–H groups in total. The lowest BCUT2D eigenvalue weighted by Crippen LogP contribution is -2.34. The molecule has 25 heavy (non-hydrogen) atoms. The number of hydrogen-bond acceptors (Lipinski definition) is 4. The molecule has 0 aliphatic rings. The molecule has 0 saturated carbocycles. The molecule has 0 radical (unpaired) electrons. The van der Waals surface area contributed by atoms with Crippen molar-refractivity contribution in [3.63, 3.8) is 0 Å². The van der Waals surface area contributed by atoms with Gasteiger partial charge in [0, 0.05) is 43.1 Å². The number of pyridine rings is 1. The molecule has 3 rings (SSSR count). The van der Waals surface area contributed by atoms with Crippen LogP contribution in [0.2, 0.25) is 0 Å². The van der Waals surface area contributed by atoms with Crippen molar-refractivity contribution in [2.75, 3.05) is 20.7 Å². The van der Waals surface area contributed by atoms with E-state index >= 15 is 0 Å². The molecule has 1 aromatic carbocycles. The molecule has 0 aliphatic heterocycles. The zero-order valence-electron chi connectivity index (χ0n) is 14.2. The molecule has 128 valence electrons. The Balaban J connectivity index is 1.74. The zero-order valence-corrected chi connectivity index (χ0v) is 14.2. The number of nitrogens with one attached hydrogen (secondary N) is 1. The van der Waals surface area contributed by atoms with Gasteiger partial charge in [-0.15, -0.1) is 0 Å². The summed E-state index contributed by atoms with van der Waals surface area (Å²) in [6.45, 7) is 0.459. The Bertz CT molecular complexity index is 903. The van der Waals surface area contributed by atoms with Gasteiger partial charge in [-0.3, -0.25) is 14.6 Å². The number of amides is 1. The van der Waals surface area contributed by atoms with Gasteiger partial charge in [0.25, 0.3) is 11.7 Å². The van der Waals surface area contributed by atoms with E-state index in [1.807, 2.05) is 18.2 Å². The standard InChI is InChI=1S/C19H19N3O3/c1-22(10-7-13-5-8-20-9-6-13)19(24)18(23)16-12-21-17-4-3-14(25-2)11-15(16)17/h3-6,8-9,11-12,21H,7,10H2,1-2H3. The van der Waals surface area contributed by atoms with E-state index in [1.165, 1.54) is 4.90 Å². The number of methoxy groups -OCH3 is 1. The number of rotatable bonds is 6. The van der Waals surface area contributed by atoms with Crippen molar-refractivity contribution in [3.05, 3.63) is 60.0 Å². The SMILES string of the molecule is COc1ccc2[nH]cc(C(=O)C(=O)N(C)CCc3ccncc3)c2c1. The van der Waals surface area contributed by atoms with Crippen LogP contribution < -0.4 is 4.74 Å². The molecule has 0 spiro atoms. The van der Waals surface area contributed by atoms with Gasteiger partial charge in [-0.25, -0.2) is 0 Å². The minimum atomic E-state index is -0.531. The Morgan fingerprint density at radius 2 is 1.96 bits per heavy atom. The van der Waals surface area contributed by atoms with Gasteiger partial charge in [-0.05, 0) is 42.3 Å². The first-order valence-corrected chi connectivity index (χ1v) is 7.94. The highest BCUT2D eigenvalue weighted by atomic mass is 16.5. The maximum atomic E-state index is 12.6. The van der Waals surface area contributed by atoms with E-state index in [4.69, 9.17) is 4.74 Å². The minimum Gasteiger partial charge on any atom is -0.497 e. The average molecular weight is 337 g/mol. The number of fused-ring (bicyclic) bond motifs is 1. The van der Waals surface area contributed by atoms with E-state index in [0.717, 1.165) is 11.1 Å². The molecule has 0 atom stereocenters. The van der Waals surface area contributed by atoms with E-state index < -0.39 is 11.7 Å². The van der Waals surface area contributed by atoms with E-state index in [0.29, 0.717) is 29.7 Å². The zero-order chi connectivity index (χ0) is 17.8. The predicted octanol–water partition coefficient (Wildman–Crippen LogP) is 2.46. The van der Waals surface area contributed by atoms with Gasteiger partial charge in [-0.2, -0.15) is 0 Å². The van der Waals surface area contributed by atoms with Crippen LogP contribution in [-0.2, 0) is 11.2 Å². The van der Waals surface area contributed by atoms with E-state index in [2.05, 4.69) is 9.97 Å². The fourth-order valence-corrected chi connectivity index (χ4v) is 2.65. The number of hydrogen-bond donors (Lipinski definition) is 1. The molecule has 1 amide bonds. The lowest BCUT2D eigenvalue weighted by Gasteiger charge is -2.16. The van der Waals surface area contributed by atoms with Crippen molar-refractivity contribution in [1.82, 2.24) is 14.9 Å². The smallest absolute Gasteiger partial charge is 0.294 e. The number of aromatic nitrogens is 2. The van der Waals surface area contributed by atoms with Crippen molar-refractivity contribution in [1.29, 1.82) is 0 Å². The molecule has 0 bridgehead atoms. The number of benzene rings is 1. The van der Waals surface area contributed by atoms with Crippen LogP contribution in [0, 0.1) is 0 Å². The first-order chi connectivity index (χ1) is 12.1. The van der Waals surface area contributed by atoms with E-state index in [-0.39, 0.29) is 0 Å². The maximum Gasteiger partial charge on any atom is 0.294 e. The third-order valence-electron chi connectivity index (χ3n) is 4.16. The van der Waals surface area contributed by atoms with Crippen molar-refractivity contribution in [2.45, 2.75) is 6.42 Å². The van der Waals surface area contributed by atoms with Gasteiger partial charge in [0.2, 0.25) is 0 Å². The Hall–Kier alpha value is -3.15. The molecule has 0 unspecified atom stereocenters. The van der Waals surface area contributed by atoms with Crippen molar-refractivity contribution >= 4 is 22.6 Å². The first-order valence-electron chi connectivity index (χ1n) is 7.94. The second-order valence-electron chi connectivity index (χ2n) is 5.78. The number of carbonyl (C=O) groups excluding carboxylic acids is 2. The quantitative estimate of drug-likeness (QED) is 0.554. The largest absolute Gasteiger partial charge is 0.497 e. The molecule has 0 saturated heterocycles. The minimum absolute atomic E-state index is 0.356. The first kappa shape index (κ1) is 16.7. The fraction of sp³-hybridized carbons (Fsp3) is 0.211. The predicted molar refractivity (Wildman–Crippen MR) is 94.8 cm³/mol. The van der Waals surface area contributed by atoms with E-state index in [9.17, 15) is 9.59 Å². The number of ether oxygens (including phenoxy) is 1. The Morgan fingerprint density at radius 1 is 1.20 bits per heavy atom. The summed E-state index contributed by atoms with van der Waals surface area (Å²) in [6.07, 6.45) is 5.66. The lowest BCUT2D eigenvalue weighted by molar-refractivity contribution is -0.125. The number of Topliss-reactive ketones (excluding diaryl/α,β-unsaturated/α-hetero) is 1. The third-order valence-corrected chi connectivity index (χ3v) is 4.16. The van der Waals surface area contributed by atoms with Gasteiger partial charge in [-0.1, -0.05) is 0 Å². The summed E-state index contributed by atoms with van der Waals surface area (Å²) in [5.41, 5.74) is 2.21. The normalized spacial score (nSPS) is 10.6. The molecule has 6 nitrogen and oxygen atoms in total. The monoisotopic (exact) mass is 337 g/mol. The number of H-pyrrole nitrogens is 1. The number of ketones is 1. The highest BCUT2D eigenvalue weighted by Gasteiger charge is 2.23. The van der Waals surface area contributed by atoms with Crippen LogP contribution in [0.5, 0.6) is 5.75 Å². The number of carbonyl (C=O) groups is 2. The van der Waals surface area contributed by atoms with Crippen LogP contribution in [-0.4, -0.2) is 47.3 Å². The second kappa shape index (κ2) is 7.17. The third kappa shape index (κ3) is 3.52. The van der Waals surface area contributed by atoms with Crippen molar-refractivity contribution in [3.8, 4) is 5.75 Å². The van der Waals surface area contributed by atoms with Gasteiger partial charge < -0.3 is 14.6 Å². The molecular weight excluding hydrogens is 318 g/mol.